The van der Waals surface area contributed by atoms with E-state index in [9.17, 15) is 9.59 Å². The molecule has 0 spiro atoms. The van der Waals surface area contributed by atoms with E-state index in [1.54, 1.807) is 17.4 Å². The molecule has 6 nitrogen and oxygen atoms in total. The fourth-order valence-electron chi connectivity index (χ4n) is 3.50. The van der Waals surface area contributed by atoms with Crippen LogP contribution in [-0.2, 0) is 9.59 Å². The van der Waals surface area contributed by atoms with E-state index in [-0.39, 0.29) is 30.2 Å². The largest absolute Gasteiger partial charge is 0.349 e. The maximum absolute atomic E-state index is 12.7. The summed E-state index contributed by atoms with van der Waals surface area (Å²) in [6.45, 7) is 2.37. The van der Waals surface area contributed by atoms with Gasteiger partial charge in [-0.05, 0) is 36.8 Å². The van der Waals surface area contributed by atoms with E-state index in [1.165, 1.54) is 0 Å². The molecule has 1 aliphatic rings. The van der Waals surface area contributed by atoms with Crippen molar-refractivity contribution in [1.82, 2.24) is 14.9 Å². The Bertz CT molecular complexity index is 952. The van der Waals surface area contributed by atoms with Gasteiger partial charge in [-0.25, -0.2) is 4.98 Å². The summed E-state index contributed by atoms with van der Waals surface area (Å²) in [5, 5.41) is 3.05. The lowest BCUT2D eigenvalue weighted by molar-refractivity contribution is -0.126. The fourth-order valence-corrected chi connectivity index (χ4v) is 3.50. The number of benzene rings is 2. The highest BCUT2D eigenvalue weighted by Crippen LogP contribution is 2.25. The number of carbonyl (C=O) groups excluding carboxylic acids is 2. The van der Waals surface area contributed by atoms with E-state index in [4.69, 9.17) is 0 Å². The van der Waals surface area contributed by atoms with Crippen LogP contribution in [0.4, 0.5) is 5.69 Å². The predicted molar refractivity (Wildman–Crippen MR) is 107 cm³/mol. The zero-order valence-corrected chi connectivity index (χ0v) is 15.7. The predicted octanol–water partition coefficient (Wildman–Crippen LogP) is 3.10. The van der Waals surface area contributed by atoms with Crippen molar-refractivity contribution in [3.8, 4) is 5.69 Å². The molecule has 1 fully saturated rings. The zero-order valence-electron chi connectivity index (χ0n) is 15.7. The first-order valence-corrected chi connectivity index (χ1v) is 9.36. The maximum Gasteiger partial charge on any atom is 0.227 e. The number of carbonyl (C=O) groups is 2. The van der Waals surface area contributed by atoms with E-state index in [1.807, 2.05) is 72.3 Å². The third-order valence-electron chi connectivity index (χ3n) is 5.12. The number of para-hydroxylation sites is 1. The summed E-state index contributed by atoms with van der Waals surface area (Å²) < 4.78 is 1.93. The van der Waals surface area contributed by atoms with Crippen LogP contribution in [-0.4, -0.2) is 27.9 Å². The molecule has 2 aromatic carbocycles. The van der Waals surface area contributed by atoms with Gasteiger partial charge in [0.25, 0.3) is 0 Å². The summed E-state index contributed by atoms with van der Waals surface area (Å²) in [5.41, 5.74) is 2.87. The first-order chi connectivity index (χ1) is 13.6. The van der Waals surface area contributed by atoms with Gasteiger partial charge in [-0.3, -0.25) is 9.59 Å². The lowest BCUT2D eigenvalue weighted by atomic mass is 10.0. The van der Waals surface area contributed by atoms with Gasteiger partial charge < -0.3 is 14.8 Å². The lowest BCUT2D eigenvalue weighted by Gasteiger charge is -2.19. The van der Waals surface area contributed by atoms with Crippen molar-refractivity contribution in [2.75, 3.05) is 11.4 Å². The summed E-state index contributed by atoms with van der Waals surface area (Å²) in [6.07, 6.45) is 5.61. The first kappa shape index (κ1) is 18.0. The topological polar surface area (TPSA) is 67.2 Å². The Morgan fingerprint density at radius 1 is 1.11 bits per heavy atom. The number of nitrogens with one attached hydrogen (secondary N) is 1. The van der Waals surface area contributed by atoms with Crippen LogP contribution in [0.1, 0.15) is 24.9 Å². The average Bonchev–Trinajstić information content (AvgIpc) is 3.39. The van der Waals surface area contributed by atoms with Crippen LogP contribution in [0.5, 0.6) is 0 Å². The van der Waals surface area contributed by atoms with Crippen molar-refractivity contribution >= 4 is 17.5 Å². The second-order valence-corrected chi connectivity index (χ2v) is 7.03. The molecule has 1 aromatic heterocycles. The smallest absolute Gasteiger partial charge is 0.227 e. The number of anilines is 1. The Morgan fingerprint density at radius 2 is 1.86 bits per heavy atom. The van der Waals surface area contributed by atoms with Crippen molar-refractivity contribution < 1.29 is 9.59 Å². The molecule has 142 valence electrons. The van der Waals surface area contributed by atoms with E-state index >= 15 is 0 Å². The van der Waals surface area contributed by atoms with E-state index in [0.717, 1.165) is 16.9 Å². The van der Waals surface area contributed by atoms with Crippen molar-refractivity contribution in [1.29, 1.82) is 0 Å². The monoisotopic (exact) mass is 374 g/mol. The number of amides is 2. The summed E-state index contributed by atoms with van der Waals surface area (Å²) >= 11 is 0. The average molecular weight is 374 g/mol. The molecule has 28 heavy (non-hydrogen) atoms. The number of hydrogen-bond acceptors (Lipinski definition) is 3. The van der Waals surface area contributed by atoms with E-state index in [2.05, 4.69) is 10.3 Å². The summed E-state index contributed by atoms with van der Waals surface area (Å²) in [6, 6.07) is 17.3. The van der Waals surface area contributed by atoms with Gasteiger partial charge in [0.15, 0.2) is 0 Å². The number of imidazole rings is 1. The Balaban J connectivity index is 1.39. The van der Waals surface area contributed by atoms with Gasteiger partial charge in [0.2, 0.25) is 11.8 Å². The minimum atomic E-state index is -0.333. The molecule has 2 amide bonds. The molecule has 0 saturated carbocycles. The van der Waals surface area contributed by atoms with Crippen LogP contribution >= 0.6 is 0 Å². The van der Waals surface area contributed by atoms with Crippen LogP contribution in [0.25, 0.3) is 5.69 Å². The van der Waals surface area contributed by atoms with Crippen molar-refractivity contribution in [2.45, 2.75) is 19.4 Å². The minimum absolute atomic E-state index is 0.0105. The second kappa shape index (κ2) is 7.68. The van der Waals surface area contributed by atoms with E-state index < -0.39 is 0 Å². The Hall–Kier alpha value is -3.41. The van der Waals surface area contributed by atoms with Crippen LogP contribution in [0.15, 0.2) is 73.3 Å². The standard InChI is InChI=1S/C22H22N4O2/c1-16(17-7-9-19(10-8-17)25-12-11-23-15-25)24-22(28)18-13-21(27)26(14-18)20-5-3-2-4-6-20/h2-12,15-16,18H,13-14H2,1H3,(H,24,28)/t16-,18+/m1/s1. The molecule has 0 bridgehead atoms. The number of aromatic nitrogens is 2. The molecule has 1 N–H and O–H groups in total. The third-order valence-corrected chi connectivity index (χ3v) is 5.12. The summed E-state index contributed by atoms with van der Waals surface area (Å²) in [4.78, 5) is 30.8. The highest BCUT2D eigenvalue weighted by molar-refractivity contribution is 6.00. The molecule has 2 heterocycles. The van der Waals surface area contributed by atoms with Crippen LogP contribution in [0.2, 0.25) is 0 Å². The van der Waals surface area contributed by atoms with Gasteiger partial charge >= 0.3 is 0 Å². The molecule has 6 heteroatoms. The molecular formula is C22H22N4O2. The normalized spacial score (nSPS) is 17.5. The van der Waals surface area contributed by atoms with Gasteiger partial charge in [0, 0.05) is 36.7 Å². The van der Waals surface area contributed by atoms with Gasteiger partial charge in [-0.15, -0.1) is 0 Å². The van der Waals surface area contributed by atoms with Crippen molar-refractivity contribution in [2.24, 2.45) is 5.92 Å². The Morgan fingerprint density at radius 3 is 2.54 bits per heavy atom. The minimum Gasteiger partial charge on any atom is -0.349 e. The highest BCUT2D eigenvalue weighted by atomic mass is 16.2. The molecule has 0 unspecified atom stereocenters. The fraction of sp³-hybridized carbons (Fsp3) is 0.227. The van der Waals surface area contributed by atoms with Gasteiger partial charge in [0.1, 0.15) is 0 Å². The zero-order chi connectivity index (χ0) is 19.5. The van der Waals surface area contributed by atoms with Crippen molar-refractivity contribution in [3.05, 3.63) is 78.9 Å². The molecule has 0 radical (unpaired) electrons. The molecule has 2 atom stereocenters. The maximum atomic E-state index is 12.7. The molecular weight excluding hydrogens is 352 g/mol. The number of hydrogen-bond donors (Lipinski definition) is 1. The number of rotatable bonds is 5. The molecule has 3 aromatic rings. The van der Waals surface area contributed by atoms with Crippen molar-refractivity contribution in [3.63, 3.8) is 0 Å². The quantitative estimate of drug-likeness (QED) is 0.746. The number of nitrogens with zero attached hydrogens (tertiary/aromatic N) is 3. The summed E-state index contributed by atoms with van der Waals surface area (Å²) in [5.74, 6) is -0.429. The van der Waals surface area contributed by atoms with Gasteiger partial charge in [-0.1, -0.05) is 30.3 Å². The first-order valence-electron chi connectivity index (χ1n) is 9.36. The lowest BCUT2D eigenvalue weighted by Crippen LogP contribution is -2.34. The van der Waals surface area contributed by atoms with Gasteiger partial charge in [0.05, 0.1) is 18.3 Å². The summed E-state index contributed by atoms with van der Waals surface area (Å²) in [7, 11) is 0. The SMILES string of the molecule is C[C@@H](NC(=O)[C@H]1CC(=O)N(c2ccccc2)C1)c1ccc(-n2ccnc2)cc1. The van der Waals surface area contributed by atoms with Crippen LogP contribution in [0, 0.1) is 5.92 Å². The molecule has 1 aliphatic heterocycles. The van der Waals surface area contributed by atoms with E-state index in [0.29, 0.717) is 6.54 Å². The highest BCUT2D eigenvalue weighted by Gasteiger charge is 2.35. The Kier molecular flexibility index (Phi) is 4.93. The third kappa shape index (κ3) is 3.67. The second-order valence-electron chi connectivity index (χ2n) is 7.03. The molecule has 1 saturated heterocycles. The Labute approximate surface area is 163 Å². The molecule has 0 aliphatic carbocycles. The van der Waals surface area contributed by atoms with Crippen LogP contribution in [0.3, 0.4) is 0 Å². The van der Waals surface area contributed by atoms with Crippen LogP contribution < -0.4 is 10.2 Å². The molecule has 4 rings (SSSR count). The van der Waals surface area contributed by atoms with Gasteiger partial charge in [-0.2, -0.15) is 0 Å².